The van der Waals surface area contributed by atoms with Gasteiger partial charge in [0.1, 0.15) is 11.6 Å². The topological polar surface area (TPSA) is 9.23 Å². The van der Waals surface area contributed by atoms with E-state index in [0.29, 0.717) is 29.1 Å². The van der Waals surface area contributed by atoms with Gasteiger partial charge in [0.15, 0.2) is 0 Å². The highest BCUT2D eigenvalue weighted by Crippen LogP contribution is 2.45. The number of hydrogen-bond donors (Lipinski definition) is 0. The number of ether oxygens (including phenoxy) is 1. The number of benzene rings is 2. The molecular formula is C42H62F2O. The minimum atomic E-state index is -0.303. The summed E-state index contributed by atoms with van der Waals surface area (Å²) in [5.74, 6) is 2.95. The van der Waals surface area contributed by atoms with Crippen LogP contribution in [0.2, 0.25) is 0 Å². The molecule has 2 aromatic carbocycles. The van der Waals surface area contributed by atoms with E-state index < -0.39 is 0 Å². The van der Waals surface area contributed by atoms with Crippen LogP contribution in [0.4, 0.5) is 8.78 Å². The van der Waals surface area contributed by atoms with Crippen molar-refractivity contribution in [1.29, 1.82) is 0 Å². The van der Waals surface area contributed by atoms with E-state index in [4.69, 9.17) is 4.74 Å². The van der Waals surface area contributed by atoms with E-state index in [1.807, 2.05) is 12.1 Å². The van der Waals surface area contributed by atoms with Crippen molar-refractivity contribution in [3.05, 3.63) is 59.2 Å². The van der Waals surface area contributed by atoms with Crippen LogP contribution in [0.5, 0.6) is 0 Å². The second-order valence-corrected chi connectivity index (χ2v) is 15.1. The molecule has 3 aliphatic rings. The molecule has 3 heteroatoms. The molecule has 5 rings (SSSR count). The van der Waals surface area contributed by atoms with Gasteiger partial charge in [0.25, 0.3) is 0 Å². The first kappa shape index (κ1) is 34.6. The van der Waals surface area contributed by atoms with Gasteiger partial charge in [-0.1, -0.05) is 102 Å². The molecular weight excluding hydrogens is 558 g/mol. The average molecular weight is 621 g/mol. The predicted molar refractivity (Wildman–Crippen MR) is 186 cm³/mol. The first-order valence-electron chi connectivity index (χ1n) is 19.3. The van der Waals surface area contributed by atoms with E-state index in [-0.39, 0.29) is 11.6 Å². The number of unbranched alkanes of at least 4 members (excludes halogenated alkanes) is 6. The maximum absolute atomic E-state index is 15.5. The summed E-state index contributed by atoms with van der Waals surface area (Å²) >= 11 is 0. The molecule has 0 heterocycles. The van der Waals surface area contributed by atoms with Crippen LogP contribution in [0.3, 0.4) is 0 Å². The zero-order chi connectivity index (χ0) is 31.4. The zero-order valence-electron chi connectivity index (χ0n) is 28.6. The Kier molecular flexibility index (Phi) is 13.8. The van der Waals surface area contributed by atoms with Crippen molar-refractivity contribution in [2.45, 2.75) is 167 Å². The molecule has 0 spiro atoms. The van der Waals surface area contributed by atoms with Gasteiger partial charge in [-0.3, -0.25) is 0 Å². The molecule has 0 N–H and O–H groups in total. The second kappa shape index (κ2) is 18.0. The Morgan fingerprint density at radius 2 is 1.04 bits per heavy atom. The lowest BCUT2D eigenvalue weighted by Gasteiger charge is -2.38. The first-order chi connectivity index (χ1) is 22.1. The molecule has 0 aromatic heterocycles. The van der Waals surface area contributed by atoms with Gasteiger partial charge < -0.3 is 4.74 Å². The van der Waals surface area contributed by atoms with E-state index in [1.54, 1.807) is 18.2 Å². The van der Waals surface area contributed by atoms with Crippen molar-refractivity contribution in [2.24, 2.45) is 17.8 Å². The molecule has 2 aromatic rings. The van der Waals surface area contributed by atoms with Crippen molar-refractivity contribution >= 4 is 0 Å². The van der Waals surface area contributed by atoms with Crippen LogP contribution in [0.25, 0.3) is 11.1 Å². The van der Waals surface area contributed by atoms with Gasteiger partial charge >= 0.3 is 0 Å². The first-order valence-corrected chi connectivity index (χ1v) is 19.3. The molecule has 3 saturated carbocycles. The van der Waals surface area contributed by atoms with Gasteiger partial charge in [0, 0.05) is 17.7 Å². The third kappa shape index (κ3) is 9.88. The lowest BCUT2D eigenvalue weighted by Crippen LogP contribution is -2.25. The highest BCUT2D eigenvalue weighted by molar-refractivity contribution is 5.66. The van der Waals surface area contributed by atoms with E-state index >= 15 is 8.78 Å². The van der Waals surface area contributed by atoms with Crippen molar-refractivity contribution in [3.8, 4) is 11.1 Å². The molecule has 0 aliphatic heterocycles. The Labute approximate surface area is 274 Å². The van der Waals surface area contributed by atoms with Gasteiger partial charge in [-0.15, -0.1) is 0 Å². The van der Waals surface area contributed by atoms with Crippen LogP contribution in [-0.2, 0) is 4.74 Å². The van der Waals surface area contributed by atoms with Crippen LogP contribution in [0, 0.1) is 29.4 Å². The monoisotopic (exact) mass is 620 g/mol. The summed E-state index contributed by atoms with van der Waals surface area (Å²) in [7, 11) is 0. The fourth-order valence-corrected chi connectivity index (χ4v) is 9.05. The summed E-state index contributed by atoms with van der Waals surface area (Å²) < 4.78 is 36.9. The minimum absolute atomic E-state index is 0.283. The molecule has 3 aliphatic carbocycles. The maximum atomic E-state index is 15.5. The third-order valence-electron chi connectivity index (χ3n) is 12.0. The summed E-state index contributed by atoms with van der Waals surface area (Å²) in [6, 6.07) is 11.1. The van der Waals surface area contributed by atoms with E-state index in [2.05, 4.69) is 19.9 Å². The quantitative estimate of drug-likeness (QED) is 0.180. The summed E-state index contributed by atoms with van der Waals surface area (Å²) in [6.07, 6.45) is 27.3. The van der Waals surface area contributed by atoms with Gasteiger partial charge in [0.05, 0.1) is 6.10 Å². The standard InChI is InChI=1S/C42H62F2O/c1-3-5-7-8-9-10-11-31-12-14-32(15-13-31)33-16-18-34(19-17-33)36-22-26-39(41(43)29-36)40-27-23-37(30-42(40)44)35-20-24-38(25-21-35)45-28-6-4-2/h22-23,26-27,29-35,38H,3-21,24-25,28H2,1-2H3. The molecule has 45 heavy (non-hydrogen) atoms. The lowest BCUT2D eigenvalue weighted by molar-refractivity contribution is 0.0232. The fraction of sp³-hybridized carbons (Fsp3) is 0.714. The summed E-state index contributed by atoms with van der Waals surface area (Å²) in [6.45, 7) is 5.33. The Hall–Kier alpha value is -1.74. The lowest BCUT2D eigenvalue weighted by atomic mass is 9.68. The zero-order valence-corrected chi connectivity index (χ0v) is 28.6. The van der Waals surface area contributed by atoms with Crippen LogP contribution in [0.1, 0.15) is 172 Å². The van der Waals surface area contributed by atoms with Gasteiger partial charge in [-0.05, 0) is 123 Å². The third-order valence-corrected chi connectivity index (χ3v) is 12.0. The molecule has 0 unspecified atom stereocenters. The van der Waals surface area contributed by atoms with Crippen molar-refractivity contribution < 1.29 is 13.5 Å². The van der Waals surface area contributed by atoms with E-state index in [9.17, 15) is 0 Å². The normalized spacial score (nSPS) is 27.5. The molecule has 0 amide bonds. The summed E-state index contributed by atoms with van der Waals surface area (Å²) in [5.41, 5.74) is 2.92. The number of rotatable bonds is 15. The van der Waals surface area contributed by atoms with Gasteiger partial charge in [-0.25, -0.2) is 8.78 Å². The Bertz CT molecular complexity index is 1140. The fourth-order valence-electron chi connectivity index (χ4n) is 9.05. The minimum Gasteiger partial charge on any atom is -0.378 e. The molecule has 0 bridgehead atoms. The smallest absolute Gasteiger partial charge is 0.131 e. The average Bonchev–Trinajstić information content (AvgIpc) is 3.07. The Morgan fingerprint density at radius 3 is 1.58 bits per heavy atom. The van der Waals surface area contributed by atoms with Crippen molar-refractivity contribution in [3.63, 3.8) is 0 Å². The molecule has 1 nitrogen and oxygen atoms in total. The van der Waals surface area contributed by atoms with Crippen LogP contribution >= 0.6 is 0 Å². The van der Waals surface area contributed by atoms with Crippen LogP contribution in [0.15, 0.2) is 36.4 Å². The predicted octanol–water partition coefficient (Wildman–Crippen LogP) is 13.3. The highest BCUT2D eigenvalue weighted by Gasteiger charge is 2.31. The molecule has 3 fully saturated rings. The van der Waals surface area contributed by atoms with E-state index in [1.165, 1.54) is 83.5 Å². The Morgan fingerprint density at radius 1 is 0.556 bits per heavy atom. The largest absolute Gasteiger partial charge is 0.378 e. The summed E-state index contributed by atoms with van der Waals surface area (Å²) in [5, 5.41) is 0. The SMILES string of the molecule is CCCCCCCCC1CCC(C2CCC(c3ccc(-c4ccc(C5CCC(OCCCC)CC5)cc4F)c(F)c3)CC2)CC1. The van der Waals surface area contributed by atoms with Crippen LogP contribution < -0.4 is 0 Å². The second-order valence-electron chi connectivity index (χ2n) is 15.1. The molecule has 0 radical (unpaired) electrons. The van der Waals surface area contributed by atoms with E-state index in [0.717, 1.165) is 86.9 Å². The van der Waals surface area contributed by atoms with Gasteiger partial charge in [0.2, 0.25) is 0 Å². The molecule has 250 valence electrons. The van der Waals surface area contributed by atoms with Crippen molar-refractivity contribution in [2.75, 3.05) is 6.61 Å². The molecule has 0 saturated heterocycles. The van der Waals surface area contributed by atoms with Crippen LogP contribution in [-0.4, -0.2) is 12.7 Å². The Balaban J connectivity index is 1.07. The number of hydrogen-bond acceptors (Lipinski definition) is 1. The number of halogens is 2. The molecule has 0 atom stereocenters. The summed E-state index contributed by atoms with van der Waals surface area (Å²) in [4.78, 5) is 0. The van der Waals surface area contributed by atoms with Gasteiger partial charge in [-0.2, -0.15) is 0 Å². The van der Waals surface area contributed by atoms with Crippen molar-refractivity contribution in [1.82, 2.24) is 0 Å². The highest BCUT2D eigenvalue weighted by atomic mass is 19.1. The maximum Gasteiger partial charge on any atom is 0.131 e.